The lowest BCUT2D eigenvalue weighted by atomic mass is 10.3. The number of carboxylic acid groups (broad SMARTS) is 1. The van der Waals surface area contributed by atoms with Crippen molar-refractivity contribution in [2.45, 2.75) is 0 Å². The summed E-state index contributed by atoms with van der Waals surface area (Å²) < 4.78 is 19.5. The van der Waals surface area contributed by atoms with E-state index in [0.717, 1.165) is 10.9 Å². The molecule has 0 unspecified atom stereocenters. The van der Waals surface area contributed by atoms with Gasteiger partial charge in [0.2, 0.25) is 0 Å². The molecule has 7 heteroatoms. The zero-order valence-electron chi connectivity index (χ0n) is 8.79. The molecule has 0 radical (unpaired) electrons. The van der Waals surface area contributed by atoms with Crippen molar-refractivity contribution in [2.24, 2.45) is 0 Å². The highest BCUT2D eigenvalue weighted by Crippen LogP contribution is 2.18. The van der Waals surface area contributed by atoms with Crippen LogP contribution in [0.4, 0.5) is 4.39 Å². The molecule has 0 saturated heterocycles. The Balaban J connectivity index is 2.42. The first-order valence-corrected chi connectivity index (χ1v) is 4.61. The monoisotopic (exact) mass is 237 g/mol. The summed E-state index contributed by atoms with van der Waals surface area (Å²) in [7, 11) is 1.42. The Morgan fingerprint density at radius 3 is 2.82 bits per heavy atom. The summed E-state index contributed by atoms with van der Waals surface area (Å²) in [5, 5.41) is 15.6. The molecule has 1 aromatic heterocycles. The van der Waals surface area contributed by atoms with Crippen LogP contribution < -0.4 is 4.74 Å². The predicted molar refractivity (Wildman–Crippen MR) is 54.8 cm³/mol. The zero-order chi connectivity index (χ0) is 12.4. The van der Waals surface area contributed by atoms with Gasteiger partial charge in [-0.3, -0.25) is 0 Å². The van der Waals surface area contributed by atoms with Crippen molar-refractivity contribution in [3.05, 3.63) is 35.9 Å². The van der Waals surface area contributed by atoms with Crippen molar-refractivity contribution in [1.29, 1.82) is 0 Å². The van der Waals surface area contributed by atoms with Crippen LogP contribution in [0.2, 0.25) is 0 Å². The minimum Gasteiger partial charge on any atom is -0.497 e. The Morgan fingerprint density at radius 2 is 2.29 bits per heavy atom. The highest BCUT2D eigenvalue weighted by molar-refractivity contribution is 5.84. The number of ether oxygens (including phenoxy) is 1. The Labute approximate surface area is 95.2 Å². The van der Waals surface area contributed by atoms with Crippen LogP contribution in [-0.4, -0.2) is 33.2 Å². The van der Waals surface area contributed by atoms with Crippen molar-refractivity contribution < 1.29 is 19.0 Å². The molecular formula is C10H8FN3O3. The first-order chi connectivity index (χ1) is 8.11. The molecule has 0 spiro atoms. The fraction of sp³-hybridized carbons (Fsp3) is 0.100. The Morgan fingerprint density at radius 1 is 1.53 bits per heavy atom. The van der Waals surface area contributed by atoms with E-state index in [1.165, 1.54) is 19.2 Å². The molecule has 0 aliphatic carbocycles. The predicted octanol–water partition coefficient (Wildman–Crippen LogP) is 1.11. The first kappa shape index (κ1) is 11.1. The van der Waals surface area contributed by atoms with E-state index in [0.29, 0.717) is 5.75 Å². The van der Waals surface area contributed by atoms with Gasteiger partial charge in [-0.05, 0) is 12.1 Å². The van der Waals surface area contributed by atoms with Crippen molar-refractivity contribution in [3.8, 4) is 11.4 Å². The molecule has 1 aromatic carbocycles. The van der Waals surface area contributed by atoms with E-state index in [-0.39, 0.29) is 11.4 Å². The molecule has 0 fully saturated rings. The van der Waals surface area contributed by atoms with E-state index in [9.17, 15) is 9.18 Å². The lowest BCUT2D eigenvalue weighted by Gasteiger charge is -2.04. The average molecular weight is 237 g/mol. The normalized spacial score (nSPS) is 10.2. The third-order valence-corrected chi connectivity index (χ3v) is 2.11. The largest absolute Gasteiger partial charge is 0.497 e. The number of hydrogen-bond acceptors (Lipinski definition) is 4. The van der Waals surface area contributed by atoms with E-state index in [1.54, 1.807) is 6.07 Å². The smallest absolute Gasteiger partial charge is 0.358 e. The molecule has 0 amide bonds. The molecular weight excluding hydrogens is 229 g/mol. The average Bonchev–Trinajstić information content (AvgIpc) is 2.78. The highest BCUT2D eigenvalue weighted by Gasteiger charge is 2.12. The lowest BCUT2D eigenvalue weighted by Crippen LogP contribution is -1.99. The Bertz CT molecular complexity index is 568. The third-order valence-electron chi connectivity index (χ3n) is 2.11. The number of carboxylic acids is 1. The van der Waals surface area contributed by atoms with Crippen LogP contribution in [0.1, 0.15) is 10.5 Å². The molecule has 2 rings (SSSR count). The number of rotatable bonds is 3. The summed E-state index contributed by atoms with van der Waals surface area (Å²) in [5.41, 5.74) is -0.147. The summed E-state index contributed by atoms with van der Waals surface area (Å²) in [6, 6.07) is 4.15. The Kier molecular flexibility index (Phi) is 2.73. The molecule has 6 nitrogen and oxygen atoms in total. The molecule has 17 heavy (non-hydrogen) atoms. The quantitative estimate of drug-likeness (QED) is 0.865. The van der Waals surface area contributed by atoms with Crippen molar-refractivity contribution in [2.75, 3.05) is 7.11 Å². The van der Waals surface area contributed by atoms with Crippen LogP contribution in [0.25, 0.3) is 5.69 Å². The molecule has 88 valence electrons. The van der Waals surface area contributed by atoms with Crippen molar-refractivity contribution in [1.82, 2.24) is 15.0 Å². The van der Waals surface area contributed by atoms with Gasteiger partial charge in [0.1, 0.15) is 11.4 Å². The van der Waals surface area contributed by atoms with Gasteiger partial charge in [0.05, 0.1) is 13.3 Å². The Hall–Kier alpha value is -2.44. The van der Waals surface area contributed by atoms with Crippen LogP contribution in [-0.2, 0) is 0 Å². The van der Waals surface area contributed by atoms with Crippen LogP contribution in [0, 0.1) is 5.82 Å². The van der Waals surface area contributed by atoms with Crippen LogP contribution in [0.15, 0.2) is 24.4 Å². The fourth-order valence-corrected chi connectivity index (χ4v) is 1.28. The van der Waals surface area contributed by atoms with Crippen LogP contribution >= 0.6 is 0 Å². The van der Waals surface area contributed by atoms with E-state index >= 15 is 0 Å². The maximum atomic E-state index is 13.6. The number of benzene rings is 1. The van der Waals surface area contributed by atoms with Gasteiger partial charge >= 0.3 is 5.97 Å². The first-order valence-electron chi connectivity index (χ1n) is 4.61. The van der Waals surface area contributed by atoms with Crippen LogP contribution in [0.5, 0.6) is 5.75 Å². The van der Waals surface area contributed by atoms with E-state index in [2.05, 4.69) is 10.3 Å². The van der Waals surface area contributed by atoms with Gasteiger partial charge in [0.15, 0.2) is 11.5 Å². The number of methoxy groups -OCH3 is 1. The van der Waals surface area contributed by atoms with Gasteiger partial charge < -0.3 is 9.84 Å². The number of nitrogens with zero attached hydrogens (tertiary/aromatic N) is 3. The second-order valence-corrected chi connectivity index (χ2v) is 3.17. The lowest BCUT2D eigenvalue weighted by molar-refractivity contribution is 0.0690. The molecule has 0 bridgehead atoms. The minimum atomic E-state index is -1.22. The maximum Gasteiger partial charge on any atom is 0.358 e. The SMILES string of the molecule is COc1ccc(-n2cc(C(=O)O)nn2)c(F)c1. The summed E-state index contributed by atoms with van der Waals surface area (Å²) >= 11 is 0. The zero-order valence-corrected chi connectivity index (χ0v) is 8.79. The molecule has 0 atom stereocenters. The second kappa shape index (κ2) is 4.20. The van der Waals surface area contributed by atoms with Gasteiger partial charge in [-0.1, -0.05) is 5.21 Å². The van der Waals surface area contributed by atoms with Gasteiger partial charge in [0.25, 0.3) is 0 Å². The number of carbonyl (C=O) groups is 1. The standard InChI is InChI=1S/C10H8FN3O3/c1-17-6-2-3-9(7(11)4-6)14-5-8(10(15)16)12-13-14/h2-5H,1H3,(H,15,16). The maximum absolute atomic E-state index is 13.6. The summed E-state index contributed by atoms with van der Waals surface area (Å²) in [6.07, 6.45) is 1.13. The third kappa shape index (κ3) is 2.07. The molecule has 0 aliphatic rings. The number of hydrogen-bond donors (Lipinski definition) is 1. The number of halogens is 1. The van der Waals surface area contributed by atoms with E-state index in [1.807, 2.05) is 0 Å². The van der Waals surface area contributed by atoms with E-state index in [4.69, 9.17) is 9.84 Å². The topological polar surface area (TPSA) is 77.2 Å². The molecule has 1 N–H and O–H groups in total. The fourth-order valence-electron chi connectivity index (χ4n) is 1.28. The van der Waals surface area contributed by atoms with E-state index < -0.39 is 11.8 Å². The van der Waals surface area contributed by atoms with Gasteiger partial charge in [0, 0.05) is 6.07 Å². The number of aromatic nitrogens is 3. The molecule has 0 saturated carbocycles. The van der Waals surface area contributed by atoms with Crippen molar-refractivity contribution >= 4 is 5.97 Å². The number of aromatic carboxylic acids is 1. The van der Waals surface area contributed by atoms with Gasteiger partial charge in [-0.15, -0.1) is 5.10 Å². The second-order valence-electron chi connectivity index (χ2n) is 3.17. The van der Waals surface area contributed by atoms with Gasteiger partial charge in [-0.25, -0.2) is 13.9 Å². The molecule has 0 aliphatic heterocycles. The summed E-state index contributed by atoms with van der Waals surface area (Å²) in [4.78, 5) is 10.6. The molecule has 1 heterocycles. The summed E-state index contributed by atoms with van der Waals surface area (Å²) in [5.74, 6) is -1.43. The van der Waals surface area contributed by atoms with Crippen LogP contribution in [0.3, 0.4) is 0 Å². The minimum absolute atomic E-state index is 0.103. The molecule has 2 aromatic rings. The summed E-state index contributed by atoms with van der Waals surface area (Å²) in [6.45, 7) is 0. The van der Waals surface area contributed by atoms with Gasteiger partial charge in [-0.2, -0.15) is 0 Å². The highest BCUT2D eigenvalue weighted by atomic mass is 19.1. The van der Waals surface area contributed by atoms with Crippen molar-refractivity contribution in [3.63, 3.8) is 0 Å².